The molecule has 1 N–H and O–H groups in total. The third-order valence-corrected chi connectivity index (χ3v) is 5.69. The summed E-state index contributed by atoms with van der Waals surface area (Å²) in [5.74, 6) is 0.880. The van der Waals surface area contributed by atoms with Crippen LogP contribution in [0.3, 0.4) is 0 Å². The van der Waals surface area contributed by atoms with Crippen LogP contribution in [0.15, 0.2) is 0 Å². The molecule has 62 valence electrons. The van der Waals surface area contributed by atoms with E-state index >= 15 is 0 Å². The van der Waals surface area contributed by atoms with Gasteiger partial charge in [-0.2, -0.15) is 0 Å². The van der Waals surface area contributed by atoms with Crippen LogP contribution in [0.2, 0.25) is 0 Å². The van der Waals surface area contributed by atoms with Gasteiger partial charge in [0.25, 0.3) is 0 Å². The SMILES string of the molecule is C[C@@]12CC[C@H]3[C@]1(CO)C[C@]32C. The molecule has 5 fully saturated rings. The van der Waals surface area contributed by atoms with Crippen molar-refractivity contribution in [3.63, 3.8) is 0 Å². The molecule has 0 radical (unpaired) electrons. The molecule has 0 amide bonds. The molecular weight excluding hydrogens is 136 g/mol. The Kier molecular flexibility index (Phi) is 0.755. The first-order valence-corrected chi connectivity index (χ1v) is 4.72. The Bertz CT molecular complexity index is 237. The number of hydrogen-bond donors (Lipinski definition) is 1. The minimum atomic E-state index is 0.391. The lowest BCUT2D eigenvalue weighted by atomic mass is 9.22. The van der Waals surface area contributed by atoms with E-state index in [0.717, 1.165) is 5.92 Å². The van der Waals surface area contributed by atoms with Gasteiger partial charge in [0.1, 0.15) is 0 Å². The van der Waals surface area contributed by atoms with Crippen molar-refractivity contribution in [2.75, 3.05) is 6.61 Å². The number of hydrogen-bond acceptors (Lipinski definition) is 1. The van der Waals surface area contributed by atoms with Gasteiger partial charge in [-0.05, 0) is 36.0 Å². The van der Waals surface area contributed by atoms with Crippen molar-refractivity contribution in [1.82, 2.24) is 0 Å². The lowest BCUT2D eigenvalue weighted by molar-refractivity contribution is -0.361. The quantitative estimate of drug-likeness (QED) is 0.607. The van der Waals surface area contributed by atoms with E-state index in [0.29, 0.717) is 22.9 Å². The van der Waals surface area contributed by atoms with Gasteiger partial charge in [-0.1, -0.05) is 13.8 Å². The molecule has 0 saturated heterocycles. The maximum absolute atomic E-state index is 9.34. The third kappa shape index (κ3) is 0.312. The van der Waals surface area contributed by atoms with Crippen LogP contribution in [-0.4, -0.2) is 11.7 Å². The fourth-order valence-electron chi connectivity index (χ4n) is 4.83. The van der Waals surface area contributed by atoms with Gasteiger partial charge < -0.3 is 5.11 Å². The summed E-state index contributed by atoms with van der Waals surface area (Å²) in [6.07, 6.45) is 4.06. The molecule has 5 saturated carbocycles. The van der Waals surface area contributed by atoms with Crippen molar-refractivity contribution in [2.45, 2.75) is 33.1 Å². The predicted molar refractivity (Wildman–Crippen MR) is 43.1 cm³/mol. The molecule has 1 nitrogen and oxygen atoms in total. The number of rotatable bonds is 1. The van der Waals surface area contributed by atoms with Crippen LogP contribution >= 0.6 is 0 Å². The van der Waals surface area contributed by atoms with Crippen molar-refractivity contribution >= 4 is 0 Å². The third-order valence-electron chi connectivity index (χ3n) is 5.69. The summed E-state index contributed by atoms with van der Waals surface area (Å²) in [5.41, 5.74) is 1.55. The second kappa shape index (κ2) is 1.28. The number of fused-ring (bicyclic) bond motifs is 1. The monoisotopic (exact) mass is 152 g/mol. The van der Waals surface area contributed by atoms with Crippen molar-refractivity contribution in [3.8, 4) is 0 Å². The van der Waals surface area contributed by atoms with Gasteiger partial charge in [0.05, 0.1) is 0 Å². The summed E-state index contributed by atoms with van der Waals surface area (Å²) in [4.78, 5) is 0. The summed E-state index contributed by atoms with van der Waals surface area (Å²) >= 11 is 0. The van der Waals surface area contributed by atoms with E-state index in [4.69, 9.17) is 0 Å². The van der Waals surface area contributed by atoms with Gasteiger partial charge in [-0.15, -0.1) is 0 Å². The molecule has 4 bridgehead atoms. The highest BCUT2D eigenvalue weighted by Gasteiger charge is 2.88. The van der Waals surface area contributed by atoms with E-state index in [-0.39, 0.29) is 0 Å². The second-order valence-electron chi connectivity index (χ2n) is 5.33. The van der Waals surface area contributed by atoms with Crippen LogP contribution in [0.25, 0.3) is 0 Å². The van der Waals surface area contributed by atoms with Crippen LogP contribution in [0.4, 0.5) is 0 Å². The Balaban J connectivity index is 2.08. The van der Waals surface area contributed by atoms with E-state index in [1.165, 1.54) is 19.3 Å². The average Bonchev–Trinajstić information content (AvgIpc) is 2.34. The van der Waals surface area contributed by atoms with Crippen LogP contribution in [0, 0.1) is 22.2 Å². The van der Waals surface area contributed by atoms with E-state index in [1.54, 1.807) is 0 Å². The summed E-state index contributed by atoms with van der Waals surface area (Å²) in [6, 6.07) is 0. The number of aliphatic hydroxyl groups is 1. The highest BCUT2D eigenvalue weighted by atomic mass is 16.3. The maximum Gasteiger partial charge on any atom is 0.0495 e. The molecule has 11 heavy (non-hydrogen) atoms. The van der Waals surface area contributed by atoms with E-state index in [2.05, 4.69) is 13.8 Å². The Hall–Kier alpha value is -0.0400. The maximum atomic E-state index is 9.34. The molecule has 0 heterocycles. The summed E-state index contributed by atoms with van der Waals surface area (Å²) in [5, 5.41) is 9.34. The normalized spacial score (nSPS) is 70.6. The van der Waals surface area contributed by atoms with Gasteiger partial charge >= 0.3 is 0 Å². The van der Waals surface area contributed by atoms with Crippen LogP contribution in [-0.2, 0) is 0 Å². The van der Waals surface area contributed by atoms with Crippen LogP contribution in [0.1, 0.15) is 33.1 Å². The molecule has 0 aromatic rings. The Morgan fingerprint density at radius 3 is 2.45 bits per heavy atom. The molecule has 4 atom stereocenters. The zero-order valence-corrected chi connectivity index (χ0v) is 7.35. The van der Waals surface area contributed by atoms with E-state index in [1.807, 2.05) is 0 Å². The highest BCUT2D eigenvalue weighted by molar-refractivity contribution is 5.36. The molecule has 0 spiro atoms. The second-order valence-corrected chi connectivity index (χ2v) is 5.33. The van der Waals surface area contributed by atoms with Crippen molar-refractivity contribution in [3.05, 3.63) is 0 Å². The summed E-state index contributed by atoms with van der Waals surface area (Å²) < 4.78 is 0. The molecular formula is C10H16O. The molecule has 5 rings (SSSR count). The molecule has 5 aliphatic rings. The first kappa shape index (κ1) is 6.47. The van der Waals surface area contributed by atoms with Crippen molar-refractivity contribution in [2.24, 2.45) is 22.2 Å². The van der Waals surface area contributed by atoms with E-state index < -0.39 is 0 Å². The smallest absolute Gasteiger partial charge is 0.0495 e. The average molecular weight is 152 g/mol. The summed E-state index contributed by atoms with van der Waals surface area (Å²) in [6.45, 7) is 5.25. The molecule has 1 heteroatoms. The Morgan fingerprint density at radius 1 is 1.45 bits per heavy atom. The first-order valence-electron chi connectivity index (χ1n) is 4.72. The predicted octanol–water partition coefficient (Wildman–Crippen LogP) is 1.80. The van der Waals surface area contributed by atoms with Crippen LogP contribution < -0.4 is 0 Å². The van der Waals surface area contributed by atoms with Gasteiger partial charge in [-0.25, -0.2) is 0 Å². The Morgan fingerprint density at radius 2 is 2.18 bits per heavy atom. The lowest BCUT2D eigenvalue weighted by Crippen LogP contribution is -2.79. The standard InChI is InChI=1S/C10H16O/c1-8-5-10(6-11)7(8)3-4-9(8,10)2/h7,11H,3-6H2,1-2H3/t7-,8-,9+,10-/m1/s1. The minimum Gasteiger partial charge on any atom is -0.396 e. The first-order chi connectivity index (χ1) is 5.11. The largest absolute Gasteiger partial charge is 0.396 e. The zero-order valence-electron chi connectivity index (χ0n) is 7.35. The molecule has 0 aromatic carbocycles. The Labute approximate surface area is 67.8 Å². The fraction of sp³-hybridized carbons (Fsp3) is 1.00. The highest BCUT2D eigenvalue weighted by Crippen LogP contribution is 2.93. The molecule has 0 aliphatic heterocycles. The fourth-order valence-corrected chi connectivity index (χ4v) is 4.83. The number of aliphatic hydroxyl groups excluding tert-OH is 1. The molecule has 0 aromatic heterocycles. The summed E-state index contributed by atoms with van der Waals surface area (Å²) in [7, 11) is 0. The zero-order chi connectivity index (χ0) is 7.91. The topological polar surface area (TPSA) is 20.2 Å². The van der Waals surface area contributed by atoms with Gasteiger partial charge in [0.15, 0.2) is 0 Å². The van der Waals surface area contributed by atoms with Crippen molar-refractivity contribution in [1.29, 1.82) is 0 Å². The van der Waals surface area contributed by atoms with Gasteiger partial charge in [-0.3, -0.25) is 0 Å². The van der Waals surface area contributed by atoms with Crippen molar-refractivity contribution < 1.29 is 5.11 Å². The van der Waals surface area contributed by atoms with Crippen LogP contribution in [0.5, 0.6) is 0 Å². The minimum absolute atomic E-state index is 0.391. The van der Waals surface area contributed by atoms with Gasteiger partial charge in [0, 0.05) is 12.0 Å². The molecule has 0 unspecified atom stereocenters. The van der Waals surface area contributed by atoms with E-state index in [9.17, 15) is 5.11 Å². The lowest BCUT2D eigenvalue weighted by Gasteiger charge is -2.82. The molecule has 5 aliphatic carbocycles. The van der Waals surface area contributed by atoms with Gasteiger partial charge in [0.2, 0.25) is 0 Å².